The number of rotatable bonds is 6. The molecule has 0 atom stereocenters. The molecule has 0 saturated carbocycles. The largest absolute Gasteiger partial charge is 0.396 e. The third kappa shape index (κ3) is 3.34. The molecule has 0 fully saturated rings. The lowest BCUT2D eigenvalue weighted by atomic mass is 10.2. The number of aromatic nitrogens is 2. The number of aliphatic hydroxyl groups excluding tert-OH is 1. The first-order chi connectivity index (χ1) is 7.66. The van der Waals surface area contributed by atoms with Crippen molar-refractivity contribution >= 4 is 5.91 Å². The predicted molar refractivity (Wildman–Crippen MR) is 61.1 cm³/mol. The van der Waals surface area contributed by atoms with E-state index in [0.29, 0.717) is 12.2 Å². The molecule has 90 valence electrons. The third-order valence-corrected chi connectivity index (χ3v) is 2.53. The van der Waals surface area contributed by atoms with Gasteiger partial charge in [-0.2, -0.15) is 0 Å². The second-order valence-corrected chi connectivity index (χ2v) is 3.90. The second-order valence-electron chi connectivity index (χ2n) is 3.90. The molecule has 16 heavy (non-hydrogen) atoms. The van der Waals surface area contributed by atoms with Gasteiger partial charge in [0.15, 0.2) is 0 Å². The topological polar surface area (TPSA) is 58.4 Å². The van der Waals surface area contributed by atoms with Crippen molar-refractivity contribution in [2.24, 2.45) is 7.05 Å². The van der Waals surface area contributed by atoms with Crippen molar-refractivity contribution in [1.29, 1.82) is 0 Å². The molecular formula is C11H19N3O2. The van der Waals surface area contributed by atoms with Gasteiger partial charge in [-0.15, -0.1) is 0 Å². The number of unbranched alkanes of at least 4 members (excludes halogenated alkanes) is 2. The van der Waals surface area contributed by atoms with E-state index in [2.05, 4.69) is 4.98 Å². The molecule has 5 nitrogen and oxygen atoms in total. The lowest BCUT2D eigenvalue weighted by Crippen LogP contribution is -2.29. The molecule has 5 heteroatoms. The minimum atomic E-state index is -0.0102. The Hall–Kier alpha value is -1.36. The van der Waals surface area contributed by atoms with Crippen LogP contribution in [-0.4, -0.2) is 45.7 Å². The van der Waals surface area contributed by atoms with Crippen molar-refractivity contribution in [2.75, 3.05) is 20.2 Å². The number of amides is 1. The van der Waals surface area contributed by atoms with Crippen LogP contribution in [0.4, 0.5) is 0 Å². The molecule has 1 amide bonds. The molecule has 1 aromatic rings. The van der Waals surface area contributed by atoms with Gasteiger partial charge < -0.3 is 14.6 Å². The molecule has 1 rings (SSSR count). The molecule has 0 saturated heterocycles. The van der Waals surface area contributed by atoms with Crippen molar-refractivity contribution in [3.05, 3.63) is 18.2 Å². The number of carbonyl (C=O) groups excluding carboxylic acids is 1. The maximum absolute atomic E-state index is 11.9. The van der Waals surface area contributed by atoms with Crippen molar-refractivity contribution < 1.29 is 9.90 Å². The fourth-order valence-electron chi connectivity index (χ4n) is 1.50. The molecule has 0 spiro atoms. The van der Waals surface area contributed by atoms with E-state index in [0.717, 1.165) is 19.3 Å². The van der Waals surface area contributed by atoms with Crippen LogP contribution in [0.15, 0.2) is 12.5 Å². The predicted octanol–water partition coefficient (Wildman–Crippen LogP) is 0.655. The van der Waals surface area contributed by atoms with Gasteiger partial charge in [0, 0.05) is 27.2 Å². The Balaban J connectivity index is 2.40. The van der Waals surface area contributed by atoms with Gasteiger partial charge in [0.05, 0.1) is 12.5 Å². The molecule has 0 aromatic carbocycles. The number of carbonyl (C=O) groups is 1. The molecule has 1 heterocycles. The van der Waals surface area contributed by atoms with Gasteiger partial charge >= 0.3 is 0 Å². The van der Waals surface area contributed by atoms with Gasteiger partial charge in [0.25, 0.3) is 5.91 Å². The van der Waals surface area contributed by atoms with E-state index in [4.69, 9.17) is 5.11 Å². The van der Waals surface area contributed by atoms with E-state index in [1.165, 1.54) is 0 Å². The Morgan fingerprint density at radius 1 is 1.50 bits per heavy atom. The molecule has 1 N–H and O–H groups in total. The maximum atomic E-state index is 11.9. The van der Waals surface area contributed by atoms with Crippen LogP contribution in [0.1, 0.15) is 29.8 Å². The van der Waals surface area contributed by atoms with Gasteiger partial charge in [-0.3, -0.25) is 4.79 Å². The summed E-state index contributed by atoms with van der Waals surface area (Å²) < 4.78 is 1.71. The lowest BCUT2D eigenvalue weighted by molar-refractivity contribution is 0.0782. The summed E-state index contributed by atoms with van der Waals surface area (Å²) in [5, 5.41) is 8.64. The Kier molecular flexibility index (Phi) is 4.98. The molecular weight excluding hydrogens is 206 g/mol. The Morgan fingerprint density at radius 3 is 2.81 bits per heavy atom. The van der Waals surface area contributed by atoms with E-state index < -0.39 is 0 Å². The fourth-order valence-corrected chi connectivity index (χ4v) is 1.50. The van der Waals surface area contributed by atoms with Crippen LogP contribution in [-0.2, 0) is 7.05 Å². The average Bonchev–Trinajstić information content (AvgIpc) is 2.69. The molecule has 0 unspecified atom stereocenters. The number of nitrogens with zero attached hydrogens (tertiary/aromatic N) is 3. The first kappa shape index (κ1) is 12.7. The zero-order chi connectivity index (χ0) is 12.0. The number of aryl methyl sites for hydroxylation is 1. The maximum Gasteiger partial charge on any atom is 0.271 e. The van der Waals surface area contributed by atoms with E-state index in [1.54, 1.807) is 36.1 Å². The number of hydrogen-bond donors (Lipinski definition) is 1. The molecule has 1 aromatic heterocycles. The summed E-state index contributed by atoms with van der Waals surface area (Å²) in [7, 11) is 3.59. The zero-order valence-electron chi connectivity index (χ0n) is 9.89. The van der Waals surface area contributed by atoms with Crippen LogP contribution >= 0.6 is 0 Å². The number of hydrogen-bond acceptors (Lipinski definition) is 3. The van der Waals surface area contributed by atoms with Crippen LogP contribution in [0.3, 0.4) is 0 Å². The SMILES string of the molecule is CN(CCCCCO)C(=O)c1cncn1C. The summed E-state index contributed by atoms with van der Waals surface area (Å²) >= 11 is 0. The van der Waals surface area contributed by atoms with Crippen LogP contribution in [0, 0.1) is 0 Å². The summed E-state index contributed by atoms with van der Waals surface area (Å²) in [5.74, 6) is -0.0102. The second kappa shape index (κ2) is 6.27. The summed E-state index contributed by atoms with van der Waals surface area (Å²) in [6, 6.07) is 0. The van der Waals surface area contributed by atoms with Crippen LogP contribution in [0.25, 0.3) is 0 Å². The monoisotopic (exact) mass is 225 g/mol. The van der Waals surface area contributed by atoms with Crippen molar-refractivity contribution in [3.8, 4) is 0 Å². The van der Waals surface area contributed by atoms with Crippen LogP contribution in [0.2, 0.25) is 0 Å². The minimum absolute atomic E-state index is 0.0102. The Labute approximate surface area is 95.7 Å². The average molecular weight is 225 g/mol. The standard InChI is InChI=1S/C11H19N3O2/c1-13(6-4-3-5-7-15)11(16)10-8-12-9-14(10)2/h8-9,15H,3-7H2,1-2H3. The van der Waals surface area contributed by atoms with E-state index in [-0.39, 0.29) is 12.5 Å². The van der Waals surface area contributed by atoms with Crippen LogP contribution in [0.5, 0.6) is 0 Å². The molecule has 0 aliphatic rings. The zero-order valence-corrected chi connectivity index (χ0v) is 9.89. The van der Waals surface area contributed by atoms with Crippen LogP contribution < -0.4 is 0 Å². The third-order valence-electron chi connectivity index (χ3n) is 2.53. The van der Waals surface area contributed by atoms with Gasteiger partial charge in [-0.05, 0) is 19.3 Å². The van der Waals surface area contributed by atoms with E-state index >= 15 is 0 Å². The number of imidazole rings is 1. The summed E-state index contributed by atoms with van der Waals surface area (Å²) in [6.45, 7) is 0.934. The van der Waals surface area contributed by atoms with E-state index in [1.807, 2.05) is 0 Å². The first-order valence-corrected chi connectivity index (χ1v) is 5.49. The lowest BCUT2D eigenvalue weighted by Gasteiger charge is -2.16. The normalized spacial score (nSPS) is 10.4. The summed E-state index contributed by atoms with van der Waals surface area (Å²) in [5.41, 5.74) is 0.602. The van der Waals surface area contributed by atoms with Crippen molar-refractivity contribution in [1.82, 2.24) is 14.5 Å². The minimum Gasteiger partial charge on any atom is -0.396 e. The van der Waals surface area contributed by atoms with Crippen molar-refractivity contribution in [3.63, 3.8) is 0 Å². The molecule has 0 radical (unpaired) electrons. The van der Waals surface area contributed by atoms with Gasteiger partial charge in [0.2, 0.25) is 0 Å². The highest BCUT2D eigenvalue weighted by atomic mass is 16.2. The first-order valence-electron chi connectivity index (χ1n) is 5.49. The highest BCUT2D eigenvalue weighted by Gasteiger charge is 2.14. The van der Waals surface area contributed by atoms with Gasteiger partial charge in [-0.1, -0.05) is 0 Å². The smallest absolute Gasteiger partial charge is 0.271 e. The van der Waals surface area contributed by atoms with Crippen molar-refractivity contribution in [2.45, 2.75) is 19.3 Å². The van der Waals surface area contributed by atoms with E-state index in [9.17, 15) is 4.79 Å². The van der Waals surface area contributed by atoms with Gasteiger partial charge in [-0.25, -0.2) is 4.98 Å². The Bertz CT molecular complexity index is 336. The molecule has 0 bridgehead atoms. The number of aliphatic hydroxyl groups is 1. The summed E-state index contributed by atoms with van der Waals surface area (Å²) in [6.07, 6.45) is 5.85. The molecule has 0 aliphatic heterocycles. The fraction of sp³-hybridized carbons (Fsp3) is 0.636. The Morgan fingerprint density at radius 2 is 2.25 bits per heavy atom. The highest BCUT2D eigenvalue weighted by molar-refractivity contribution is 5.92. The quantitative estimate of drug-likeness (QED) is 0.723. The molecule has 0 aliphatic carbocycles. The summed E-state index contributed by atoms with van der Waals surface area (Å²) in [4.78, 5) is 17.5. The highest BCUT2D eigenvalue weighted by Crippen LogP contribution is 2.03. The van der Waals surface area contributed by atoms with Gasteiger partial charge in [0.1, 0.15) is 5.69 Å².